The van der Waals surface area contributed by atoms with E-state index in [2.05, 4.69) is 11.0 Å². The number of hydrogen-bond acceptors (Lipinski definition) is 5. The molecule has 2 aliphatic heterocycles. The molecule has 136 valence electrons. The van der Waals surface area contributed by atoms with E-state index in [1.54, 1.807) is 7.11 Å². The van der Waals surface area contributed by atoms with E-state index in [0.29, 0.717) is 24.6 Å². The summed E-state index contributed by atoms with van der Waals surface area (Å²) in [7, 11) is 1.67. The maximum atomic E-state index is 12.8. The number of piperazine rings is 1. The van der Waals surface area contributed by atoms with Gasteiger partial charge in [-0.2, -0.15) is 0 Å². The van der Waals surface area contributed by atoms with Crippen LogP contribution >= 0.6 is 0 Å². The summed E-state index contributed by atoms with van der Waals surface area (Å²) in [6.07, 6.45) is -0.576. The summed E-state index contributed by atoms with van der Waals surface area (Å²) in [5.41, 5.74) is 1.11. The molecule has 0 unspecified atom stereocenters. The van der Waals surface area contributed by atoms with Crippen molar-refractivity contribution in [2.75, 3.05) is 44.8 Å². The second-order valence-electron chi connectivity index (χ2n) is 6.38. The van der Waals surface area contributed by atoms with Crippen LogP contribution in [0.15, 0.2) is 48.5 Å². The summed E-state index contributed by atoms with van der Waals surface area (Å²) in [5, 5.41) is 0. The number of hydrogen-bond donors (Lipinski definition) is 0. The molecule has 0 N–H and O–H groups in total. The van der Waals surface area contributed by atoms with Gasteiger partial charge in [0.1, 0.15) is 12.4 Å². The van der Waals surface area contributed by atoms with Crippen molar-refractivity contribution >= 4 is 11.6 Å². The minimum atomic E-state index is -0.576. The summed E-state index contributed by atoms with van der Waals surface area (Å²) < 4.78 is 16.8. The third kappa shape index (κ3) is 3.27. The number of para-hydroxylation sites is 2. The Morgan fingerprint density at radius 2 is 1.81 bits per heavy atom. The van der Waals surface area contributed by atoms with Crippen LogP contribution in [0, 0.1) is 0 Å². The van der Waals surface area contributed by atoms with Crippen LogP contribution in [-0.4, -0.2) is 56.8 Å². The zero-order valence-corrected chi connectivity index (χ0v) is 14.8. The van der Waals surface area contributed by atoms with Crippen molar-refractivity contribution < 1.29 is 19.0 Å². The normalized spacial score (nSPS) is 19.2. The van der Waals surface area contributed by atoms with Crippen molar-refractivity contribution in [3.05, 3.63) is 48.5 Å². The summed E-state index contributed by atoms with van der Waals surface area (Å²) in [4.78, 5) is 16.9. The number of carbonyl (C=O) groups excluding carboxylic acids is 1. The summed E-state index contributed by atoms with van der Waals surface area (Å²) in [6.45, 7) is 3.15. The van der Waals surface area contributed by atoms with Gasteiger partial charge >= 0.3 is 0 Å². The van der Waals surface area contributed by atoms with E-state index in [1.807, 2.05) is 47.4 Å². The average Bonchev–Trinajstić information content (AvgIpc) is 2.73. The molecule has 0 radical (unpaired) electrons. The molecule has 0 aliphatic carbocycles. The number of ether oxygens (including phenoxy) is 3. The first-order chi connectivity index (χ1) is 12.7. The molecule has 1 saturated heterocycles. The first kappa shape index (κ1) is 16.6. The zero-order valence-electron chi connectivity index (χ0n) is 14.8. The maximum Gasteiger partial charge on any atom is 0.267 e. The van der Waals surface area contributed by atoms with Gasteiger partial charge in [-0.25, -0.2) is 0 Å². The highest BCUT2D eigenvalue weighted by atomic mass is 16.6. The molecule has 0 saturated carbocycles. The molecule has 6 heteroatoms. The largest absolute Gasteiger partial charge is 0.497 e. The van der Waals surface area contributed by atoms with Crippen molar-refractivity contribution in [3.63, 3.8) is 0 Å². The molecule has 1 fully saturated rings. The number of benzene rings is 2. The van der Waals surface area contributed by atoms with Crippen LogP contribution in [0.25, 0.3) is 0 Å². The van der Waals surface area contributed by atoms with Crippen LogP contribution in [0.1, 0.15) is 0 Å². The number of methoxy groups -OCH3 is 1. The fourth-order valence-electron chi connectivity index (χ4n) is 3.34. The molecular formula is C20H22N2O4. The third-order valence-corrected chi connectivity index (χ3v) is 4.79. The fraction of sp³-hybridized carbons (Fsp3) is 0.350. The van der Waals surface area contributed by atoms with Crippen molar-refractivity contribution in [3.8, 4) is 17.2 Å². The van der Waals surface area contributed by atoms with E-state index in [9.17, 15) is 4.79 Å². The van der Waals surface area contributed by atoms with Crippen LogP contribution < -0.4 is 19.1 Å². The second kappa shape index (κ2) is 7.15. The zero-order chi connectivity index (χ0) is 17.9. The monoisotopic (exact) mass is 354 g/mol. The third-order valence-electron chi connectivity index (χ3n) is 4.79. The van der Waals surface area contributed by atoms with Crippen molar-refractivity contribution in [2.45, 2.75) is 6.10 Å². The summed E-state index contributed by atoms with van der Waals surface area (Å²) in [5.74, 6) is 2.16. The molecule has 1 amide bonds. The quantitative estimate of drug-likeness (QED) is 0.846. The minimum Gasteiger partial charge on any atom is -0.497 e. The molecule has 6 nitrogen and oxygen atoms in total. The molecule has 4 rings (SSSR count). The minimum absolute atomic E-state index is 0.00945. The highest BCUT2D eigenvalue weighted by Gasteiger charge is 2.32. The molecule has 2 aromatic carbocycles. The lowest BCUT2D eigenvalue weighted by atomic mass is 10.2. The van der Waals surface area contributed by atoms with Crippen LogP contribution in [0.3, 0.4) is 0 Å². The SMILES string of the molecule is COc1cccc(N2CCN(C(=O)[C@@H]3COc4ccccc4O3)CC2)c1. The first-order valence-electron chi connectivity index (χ1n) is 8.81. The molecule has 2 heterocycles. The maximum absolute atomic E-state index is 12.8. The molecular weight excluding hydrogens is 332 g/mol. The van der Waals surface area contributed by atoms with Gasteiger partial charge in [-0.3, -0.25) is 4.79 Å². The molecule has 0 bridgehead atoms. The standard InChI is InChI=1S/C20H22N2O4/c1-24-16-6-4-5-15(13-16)21-9-11-22(12-10-21)20(23)19-14-25-17-7-2-3-8-18(17)26-19/h2-8,13,19H,9-12,14H2,1H3/t19-/m0/s1. The molecule has 2 aliphatic rings. The van der Waals surface area contributed by atoms with Crippen LogP contribution in [0.5, 0.6) is 17.2 Å². The molecule has 26 heavy (non-hydrogen) atoms. The van der Waals surface area contributed by atoms with E-state index < -0.39 is 6.10 Å². The summed E-state index contributed by atoms with van der Waals surface area (Å²) in [6, 6.07) is 15.4. The first-order valence-corrected chi connectivity index (χ1v) is 8.81. The van der Waals surface area contributed by atoms with E-state index in [4.69, 9.17) is 14.2 Å². The topological polar surface area (TPSA) is 51.2 Å². The van der Waals surface area contributed by atoms with Gasteiger partial charge in [-0.1, -0.05) is 18.2 Å². The van der Waals surface area contributed by atoms with Gasteiger partial charge in [0.25, 0.3) is 5.91 Å². The van der Waals surface area contributed by atoms with Gasteiger partial charge < -0.3 is 24.0 Å². The predicted octanol–water partition coefficient (Wildman–Crippen LogP) is 2.18. The number of carbonyl (C=O) groups is 1. The van der Waals surface area contributed by atoms with Gasteiger partial charge in [0.2, 0.25) is 6.10 Å². The number of rotatable bonds is 3. The Bertz CT molecular complexity index is 787. The Hall–Kier alpha value is -2.89. The summed E-state index contributed by atoms with van der Waals surface area (Å²) >= 11 is 0. The lowest BCUT2D eigenvalue weighted by Crippen LogP contribution is -2.54. The Labute approximate surface area is 152 Å². The number of fused-ring (bicyclic) bond motifs is 1. The molecule has 0 spiro atoms. The van der Waals surface area contributed by atoms with Crippen LogP contribution in [0.4, 0.5) is 5.69 Å². The fourth-order valence-corrected chi connectivity index (χ4v) is 3.34. The van der Waals surface area contributed by atoms with Gasteiger partial charge in [0.05, 0.1) is 7.11 Å². The Balaban J connectivity index is 1.37. The number of amides is 1. The van der Waals surface area contributed by atoms with Gasteiger partial charge in [0.15, 0.2) is 11.5 Å². The van der Waals surface area contributed by atoms with Crippen molar-refractivity contribution in [1.82, 2.24) is 4.90 Å². The van der Waals surface area contributed by atoms with E-state index in [-0.39, 0.29) is 12.5 Å². The van der Waals surface area contributed by atoms with Gasteiger partial charge in [-0.15, -0.1) is 0 Å². The van der Waals surface area contributed by atoms with Crippen LogP contribution in [0.2, 0.25) is 0 Å². The smallest absolute Gasteiger partial charge is 0.267 e. The second-order valence-corrected chi connectivity index (χ2v) is 6.38. The Morgan fingerprint density at radius 1 is 1.04 bits per heavy atom. The van der Waals surface area contributed by atoms with E-state index in [0.717, 1.165) is 24.5 Å². The van der Waals surface area contributed by atoms with Crippen molar-refractivity contribution in [2.24, 2.45) is 0 Å². The number of anilines is 1. The Kier molecular flexibility index (Phi) is 4.56. The Morgan fingerprint density at radius 3 is 2.58 bits per heavy atom. The predicted molar refractivity (Wildman–Crippen MR) is 98.1 cm³/mol. The molecule has 2 aromatic rings. The van der Waals surface area contributed by atoms with Gasteiger partial charge in [-0.05, 0) is 24.3 Å². The van der Waals surface area contributed by atoms with E-state index in [1.165, 1.54) is 0 Å². The highest BCUT2D eigenvalue weighted by molar-refractivity contribution is 5.82. The van der Waals surface area contributed by atoms with Crippen molar-refractivity contribution in [1.29, 1.82) is 0 Å². The lowest BCUT2D eigenvalue weighted by molar-refractivity contribution is -0.141. The van der Waals surface area contributed by atoms with Crippen LogP contribution in [-0.2, 0) is 4.79 Å². The average molecular weight is 354 g/mol. The molecule has 0 aromatic heterocycles. The molecule has 1 atom stereocenters. The number of nitrogens with zero attached hydrogens (tertiary/aromatic N) is 2. The lowest BCUT2D eigenvalue weighted by Gasteiger charge is -2.38. The van der Waals surface area contributed by atoms with E-state index >= 15 is 0 Å². The highest BCUT2D eigenvalue weighted by Crippen LogP contribution is 2.31. The van der Waals surface area contributed by atoms with Gasteiger partial charge in [0, 0.05) is 37.9 Å².